The normalized spacial score (nSPS) is 24.3. The number of carbonyl (C=O) groups is 5. The Bertz CT molecular complexity index is 1480. The lowest BCUT2D eigenvalue weighted by Crippen LogP contribution is -2.64. The van der Waals surface area contributed by atoms with Crippen LogP contribution in [0.1, 0.15) is 138 Å². The summed E-state index contributed by atoms with van der Waals surface area (Å²) < 4.78 is 25.9. The second-order valence-corrected chi connectivity index (χ2v) is 21.6. The molecule has 4 fully saturated rings. The number of carbonyl (C=O) groups excluding carboxylic acids is 5. The fourth-order valence-electron chi connectivity index (χ4n) is 8.42. The first-order valence-electron chi connectivity index (χ1n) is 20.0. The van der Waals surface area contributed by atoms with Gasteiger partial charge in [-0.25, -0.2) is 13.2 Å². The van der Waals surface area contributed by atoms with Crippen molar-refractivity contribution in [2.75, 3.05) is 18.8 Å². The molecule has 3 saturated carbocycles. The van der Waals surface area contributed by atoms with E-state index in [-0.39, 0.29) is 35.5 Å². The van der Waals surface area contributed by atoms with E-state index < -0.39 is 67.3 Å². The summed E-state index contributed by atoms with van der Waals surface area (Å²) in [5.74, 6) is -2.32. The van der Waals surface area contributed by atoms with Gasteiger partial charge in [0, 0.05) is 13.1 Å². The molecule has 300 valence electrons. The molecule has 1 saturated heterocycles. The van der Waals surface area contributed by atoms with Crippen LogP contribution in [0.4, 0.5) is 4.79 Å². The molecule has 5 amide bonds. The maximum atomic E-state index is 15.0. The van der Waals surface area contributed by atoms with Gasteiger partial charge in [0.15, 0.2) is 9.84 Å². The Labute approximate surface area is 318 Å². The molecular formula is C40H67N5O7S. The van der Waals surface area contributed by atoms with Crippen LogP contribution in [0.25, 0.3) is 0 Å². The first kappa shape index (κ1) is 42.8. The molecule has 1 heterocycles. The Morgan fingerprint density at radius 1 is 0.887 bits per heavy atom. The van der Waals surface area contributed by atoms with Crippen molar-refractivity contribution in [2.24, 2.45) is 22.7 Å². The molecule has 0 radical (unpaired) electrons. The van der Waals surface area contributed by atoms with E-state index in [9.17, 15) is 27.6 Å². The Morgan fingerprint density at radius 2 is 1.47 bits per heavy atom. The maximum Gasteiger partial charge on any atom is 0.315 e. The quantitative estimate of drug-likeness (QED) is 0.143. The van der Waals surface area contributed by atoms with Crippen molar-refractivity contribution in [1.29, 1.82) is 0 Å². The highest BCUT2D eigenvalue weighted by Crippen LogP contribution is 2.43. The SMILES string of the molecule is C=CCNC(=O)C(=O)C(CC1CC1)NC(=O)C1CC(C(C)(C)C)CN1C(=O)C(NC(=O)NC1(CS(=O)(=O)C(C)(C)C)CCCCC1)C1(C)CCCCC1. The van der Waals surface area contributed by atoms with E-state index in [0.29, 0.717) is 45.1 Å². The predicted molar refractivity (Wildman–Crippen MR) is 207 cm³/mol. The Morgan fingerprint density at radius 3 is 2.00 bits per heavy atom. The fourth-order valence-corrected chi connectivity index (χ4v) is 9.94. The van der Waals surface area contributed by atoms with Gasteiger partial charge < -0.3 is 26.2 Å². The molecule has 0 aromatic carbocycles. The third kappa shape index (κ3) is 10.8. The second kappa shape index (κ2) is 16.8. The van der Waals surface area contributed by atoms with Gasteiger partial charge in [-0.1, -0.05) is 85.1 Å². The number of ketones is 1. The maximum absolute atomic E-state index is 15.0. The van der Waals surface area contributed by atoms with Crippen LogP contribution in [0.15, 0.2) is 12.7 Å². The first-order chi connectivity index (χ1) is 24.6. The van der Waals surface area contributed by atoms with E-state index in [2.05, 4.69) is 48.6 Å². The van der Waals surface area contributed by atoms with Gasteiger partial charge in [0.2, 0.25) is 17.6 Å². The summed E-state index contributed by atoms with van der Waals surface area (Å²) in [6.45, 7) is 17.3. The van der Waals surface area contributed by atoms with Crippen molar-refractivity contribution in [3.8, 4) is 0 Å². The van der Waals surface area contributed by atoms with E-state index in [1.54, 1.807) is 25.7 Å². The number of hydrogen-bond acceptors (Lipinski definition) is 7. The summed E-state index contributed by atoms with van der Waals surface area (Å²) in [6, 6.07) is -3.46. The zero-order valence-electron chi connectivity index (χ0n) is 33.4. The van der Waals surface area contributed by atoms with E-state index >= 15 is 4.79 Å². The molecule has 4 atom stereocenters. The molecule has 0 aromatic rings. The van der Waals surface area contributed by atoms with Crippen molar-refractivity contribution >= 4 is 39.4 Å². The van der Waals surface area contributed by atoms with Gasteiger partial charge in [0.1, 0.15) is 12.1 Å². The minimum absolute atomic E-state index is 0.0441. The summed E-state index contributed by atoms with van der Waals surface area (Å²) in [6.07, 6.45) is 11.9. The third-order valence-electron chi connectivity index (χ3n) is 12.4. The van der Waals surface area contributed by atoms with Crippen molar-refractivity contribution in [3.05, 3.63) is 12.7 Å². The lowest BCUT2D eigenvalue weighted by molar-refractivity contribution is -0.144. The molecule has 13 heteroatoms. The van der Waals surface area contributed by atoms with Crippen LogP contribution in [-0.2, 0) is 29.0 Å². The second-order valence-electron chi connectivity index (χ2n) is 18.9. The Kier molecular flexibility index (Phi) is 13.6. The summed E-state index contributed by atoms with van der Waals surface area (Å²) in [7, 11) is -3.57. The molecule has 0 bridgehead atoms. The average Bonchev–Trinajstić information content (AvgIpc) is 3.76. The minimum Gasteiger partial charge on any atom is -0.346 e. The van der Waals surface area contributed by atoms with Crippen LogP contribution in [0.5, 0.6) is 0 Å². The zero-order chi connectivity index (χ0) is 39.4. The smallest absolute Gasteiger partial charge is 0.315 e. The van der Waals surface area contributed by atoms with Crippen LogP contribution in [0.3, 0.4) is 0 Å². The van der Waals surface area contributed by atoms with Crippen molar-refractivity contribution < 1.29 is 32.4 Å². The van der Waals surface area contributed by atoms with Crippen molar-refractivity contribution in [2.45, 2.75) is 167 Å². The first-order valence-corrected chi connectivity index (χ1v) is 21.6. The van der Waals surface area contributed by atoms with E-state index in [0.717, 1.165) is 51.4 Å². The number of urea groups is 1. The zero-order valence-corrected chi connectivity index (χ0v) is 34.2. The molecule has 0 aromatic heterocycles. The number of sulfone groups is 1. The molecule has 3 aliphatic carbocycles. The molecule has 4 aliphatic rings. The standard InChI is InChI=1S/C40H67N5O7S/c1-9-22-41-34(48)31(46)29(23-27-16-17-27)42-33(47)30-24-28(37(2,3)4)25-45(30)35(49)32(39(8)18-12-10-13-19-39)43-36(50)44-40(20-14-11-15-21-40)26-53(51,52)38(5,6)7/h9,27-30,32H,1,10-26H2,2-8H3,(H,41,48)(H,42,47)(H2,43,44,50). The number of likely N-dealkylation sites (tertiary alicyclic amines) is 1. The Hall–Kier alpha value is -2.96. The van der Waals surface area contributed by atoms with Gasteiger partial charge >= 0.3 is 6.03 Å². The molecule has 4 rings (SSSR count). The number of nitrogens with zero attached hydrogens (tertiary/aromatic N) is 1. The highest BCUT2D eigenvalue weighted by atomic mass is 32.2. The number of rotatable bonds is 14. The summed E-state index contributed by atoms with van der Waals surface area (Å²) >= 11 is 0. The van der Waals surface area contributed by atoms with Gasteiger partial charge in [-0.05, 0) is 82.0 Å². The van der Waals surface area contributed by atoms with Crippen molar-refractivity contribution in [1.82, 2.24) is 26.2 Å². The van der Waals surface area contributed by atoms with Gasteiger partial charge in [0.05, 0.1) is 22.1 Å². The number of nitrogens with one attached hydrogen (secondary N) is 4. The van der Waals surface area contributed by atoms with Crippen LogP contribution < -0.4 is 21.3 Å². The number of hydrogen-bond donors (Lipinski definition) is 4. The topological polar surface area (TPSA) is 171 Å². The average molecular weight is 762 g/mol. The van der Waals surface area contributed by atoms with Gasteiger partial charge in [-0.2, -0.15) is 0 Å². The van der Waals surface area contributed by atoms with Crippen LogP contribution in [0, 0.1) is 22.7 Å². The molecule has 53 heavy (non-hydrogen) atoms. The Balaban J connectivity index is 1.63. The predicted octanol–water partition coefficient (Wildman–Crippen LogP) is 4.96. The van der Waals surface area contributed by atoms with Crippen LogP contribution in [-0.4, -0.2) is 90.1 Å². The summed E-state index contributed by atoms with van der Waals surface area (Å²) in [4.78, 5) is 70.9. The lowest BCUT2D eigenvalue weighted by atomic mass is 9.70. The molecule has 12 nitrogen and oxygen atoms in total. The van der Waals surface area contributed by atoms with Gasteiger partial charge in [-0.15, -0.1) is 6.58 Å². The molecule has 4 N–H and O–H groups in total. The third-order valence-corrected chi connectivity index (χ3v) is 15.2. The van der Waals surface area contributed by atoms with Crippen molar-refractivity contribution in [3.63, 3.8) is 0 Å². The van der Waals surface area contributed by atoms with E-state index in [1.165, 1.54) is 6.08 Å². The molecular weight excluding hydrogens is 695 g/mol. The van der Waals surface area contributed by atoms with Gasteiger partial charge in [0.25, 0.3) is 5.91 Å². The largest absolute Gasteiger partial charge is 0.346 e. The fraction of sp³-hybridized carbons (Fsp3) is 0.825. The monoisotopic (exact) mass is 761 g/mol. The van der Waals surface area contributed by atoms with E-state index in [1.807, 2.05) is 6.92 Å². The number of amides is 5. The molecule has 4 unspecified atom stereocenters. The van der Waals surface area contributed by atoms with Gasteiger partial charge in [-0.3, -0.25) is 19.2 Å². The van der Waals surface area contributed by atoms with Crippen LogP contribution >= 0.6 is 0 Å². The summed E-state index contributed by atoms with van der Waals surface area (Å²) in [5, 5.41) is 11.6. The lowest BCUT2D eigenvalue weighted by Gasteiger charge is -2.44. The summed E-state index contributed by atoms with van der Waals surface area (Å²) in [5.41, 5.74) is -1.80. The molecule has 0 spiro atoms. The van der Waals surface area contributed by atoms with Crippen LogP contribution in [0.2, 0.25) is 0 Å². The highest BCUT2D eigenvalue weighted by Gasteiger charge is 2.51. The number of Topliss-reactive ketones (excluding diaryl/α,β-unsaturated/α-hetero) is 1. The highest BCUT2D eigenvalue weighted by molar-refractivity contribution is 7.92. The molecule has 1 aliphatic heterocycles. The minimum atomic E-state index is -3.57. The van der Waals surface area contributed by atoms with E-state index in [4.69, 9.17) is 0 Å².